The summed E-state index contributed by atoms with van der Waals surface area (Å²) in [6, 6.07) is 5.97. The third-order valence-corrected chi connectivity index (χ3v) is 8.20. The molecule has 0 spiro atoms. The van der Waals surface area contributed by atoms with E-state index in [9.17, 15) is 21.6 Å². The first kappa shape index (κ1) is 25.6. The molecule has 196 valence electrons. The van der Waals surface area contributed by atoms with Crippen LogP contribution in [0.3, 0.4) is 0 Å². The number of aromatic nitrogens is 4. The van der Waals surface area contributed by atoms with E-state index in [1.165, 1.54) is 46.7 Å². The predicted octanol–water partition coefficient (Wildman–Crippen LogP) is 3.92. The molecule has 1 aliphatic carbocycles. The number of ether oxygens (including phenoxy) is 1. The molecule has 3 aromatic rings. The zero-order valence-electron chi connectivity index (χ0n) is 18.5. The van der Waals surface area contributed by atoms with E-state index in [4.69, 9.17) is 16.3 Å². The molecule has 9 nitrogen and oxygen atoms in total. The molecule has 2 N–H and O–H groups in total. The van der Waals surface area contributed by atoms with E-state index in [1.807, 2.05) is 0 Å². The summed E-state index contributed by atoms with van der Waals surface area (Å²) >= 11 is 6.89. The van der Waals surface area contributed by atoms with E-state index in [-0.39, 0.29) is 27.5 Å². The molecular weight excluding hydrogens is 560 g/mol. The van der Waals surface area contributed by atoms with E-state index in [0.29, 0.717) is 19.2 Å². The third-order valence-electron chi connectivity index (χ3n) is 5.78. The van der Waals surface area contributed by atoms with Crippen LogP contribution < -0.4 is 14.8 Å². The van der Waals surface area contributed by atoms with Crippen molar-refractivity contribution in [3.63, 3.8) is 0 Å². The molecular formula is C21H17ClF4N6O3S2. The van der Waals surface area contributed by atoms with E-state index >= 15 is 4.39 Å². The molecule has 1 saturated heterocycles. The van der Waals surface area contributed by atoms with Crippen LogP contribution in [0.5, 0.6) is 5.75 Å². The van der Waals surface area contributed by atoms with Crippen LogP contribution in [-0.4, -0.2) is 53.8 Å². The Hall–Kier alpha value is -3.01. The molecule has 1 aromatic carbocycles. The van der Waals surface area contributed by atoms with Gasteiger partial charge in [-0.15, -0.1) is 10.2 Å². The van der Waals surface area contributed by atoms with Gasteiger partial charge in [0.1, 0.15) is 11.3 Å². The van der Waals surface area contributed by atoms with Crippen LogP contribution in [0, 0.1) is 0 Å². The summed E-state index contributed by atoms with van der Waals surface area (Å²) in [5.74, 6) is 0.00263. The highest BCUT2D eigenvalue weighted by atomic mass is 35.5. The Morgan fingerprint density at radius 3 is 2.54 bits per heavy atom. The Bertz CT molecular complexity index is 1450. The summed E-state index contributed by atoms with van der Waals surface area (Å²) in [4.78, 5) is -0.145. The summed E-state index contributed by atoms with van der Waals surface area (Å²) in [6.07, 6.45) is -3.96. The van der Waals surface area contributed by atoms with Crippen molar-refractivity contribution >= 4 is 38.1 Å². The maximum atomic E-state index is 16.7. The number of allylic oxidation sites excluding steroid dienone is 2. The van der Waals surface area contributed by atoms with Crippen LogP contribution in [0.25, 0.3) is 0 Å². The number of nitrogens with one attached hydrogen (secondary N) is 2. The van der Waals surface area contributed by atoms with Gasteiger partial charge in [0.15, 0.2) is 6.10 Å². The highest BCUT2D eigenvalue weighted by Crippen LogP contribution is 2.46. The fourth-order valence-corrected chi connectivity index (χ4v) is 5.82. The van der Waals surface area contributed by atoms with Gasteiger partial charge >= 0.3 is 6.18 Å². The van der Waals surface area contributed by atoms with Gasteiger partial charge in [0.25, 0.3) is 10.0 Å². The van der Waals surface area contributed by atoms with Crippen LogP contribution in [0.4, 0.5) is 22.7 Å². The molecule has 1 aliphatic heterocycles. The second-order valence-electron chi connectivity index (χ2n) is 8.17. The van der Waals surface area contributed by atoms with Crippen molar-refractivity contribution in [2.45, 2.75) is 28.9 Å². The minimum absolute atomic E-state index is 0.00263. The number of hydrogen-bond donors (Lipinski definition) is 2. The van der Waals surface area contributed by atoms with E-state index in [2.05, 4.69) is 25.3 Å². The molecule has 2 aliphatic rings. The van der Waals surface area contributed by atoms with Gasteiger partial charge in [-0.25, -0.2) is 12.8 Å². The topological polar surface area (TPSA) is 111 Å². The Morgan fingerprint density at radius 2 is 1.95 bits per heavy atom. The summed E-state index contributed by atoms with van der Waals surface area (Å²) in [5.41, 5.74) is -2.90. The molecule has 37 heavy (non-hydrogen) atoms. The summed E-state index contributed by atoms with van der Waals surface area (Å²) < 4.78 is 92.1. The van der Waals surface area contributed by atoms with Crippen molar-refractivity contribution < 1.29 is 30.7 Å². The molecule has 0 bridgehead atoms. The lowest BCUT2D eigenvalue weighted by molar-refractivity contribution is -0.0914. The average molecular weight is 577 g/mol. The Labute approximate surface area is 216 Å². The average Bonchev–Trinajstić information content (AvgIpc) is 3.47. The van der Waals surface area contributed by atoms with Crippen molar-refractivity contribution in [2.24, 2.45) is 0 Å². The molecule has 1 fully saturated rings. The fourth-order valence-electron chi connectivity index (χ4n) is 3.85. The van der Waals surface area contributed by atoms with Crippen LogP contribution in [0.15, 0.2) is 69.7 Å². The molecule has 16 heteroatoms. The monoisotopic (exact) mass is 576 g/mol. The number of rotatable bonds is 7. The van der Waals surface area contributed by atoms with Gasteiger partial charge in [-0.05, 0) is 42.5 Å². The molecule has 0 saturated carbocycles. The summed E-state index contributed by atoms with van der Waals surface area (Å²) in [7, 11) is -3.99. The molecule has 0 amide bonds. The highest BCUT2D eigenvalue weighted by Gasteiger charge is 2.51. The lowest BCUT2D eigenvalue weighted by Crippen LogP contribution is -2.48. The Morgan fingerprint density at radius 1 is 1.22 bits per heavy atom. The van der Waals surface area contributed by atoms with Crippen LogP contribution in [-0.2, 0) is 15.7 Å². The predicted molar refractivity (Wildman–Crippen MR) is 127 cm³/mol. The number of anilines is 1. The van der Waals surface area contributed by atoms with E-state index < -0.39 is 38.6 Å². The van der Waals surface area contributed by atoms with Gasteiger partial charge in [-0.2, -0.15) is 18.3 Å². The third kappa shape index (κ3) is 4.95. The first-order chi connectivity index (χ1) is 17.5. The SMILES string of the molecule is O=S(=O)(Nc1nncs1)c1ccc(OC2C=C(Cl)C(C(F)(F)F)=CC2(F)c2ccnn2C2CNC2)cc1. The minimum Gasteiger partial charge on any atom is -0.482 e. The van der Waals surface area contributed by atoms with Crippen LogP contribution in [0.2, 0.25) is 0 Å². The number of halogens is 5. The number of sulfonamides is 1. The maximum absolute atomic E-state index is 16.7. The smallest absolute Gasteiger partial charge is 0.417 e. The van der Waals surface area contributed by atoms with Crippen molar-refractivity contribution in [1.29, 1.82) is 0 Å². The molecule has 5 rings (SSSR count). The molecule has 0 radical (unpaired) electrons. The van der Waals surface area contributed by atoms with Crippen molar-refractivity contribution in [3.05, 3.63) is 70.5 Å². The largest absolute Gasteiger partial charge is 0.482 e. The van der Waals surface area contributed by atoms with Gasteiger partial charge < -0.3 is 10.1 Å². The zero-order chi connectivity index (χ0) is 26.4. The fraction of sp³-hybridized carbons (Fsp3) is 0.286. The lowest BCUT2D eigenvalue weighted by Gasteiger charge is -2.37. The maximum Gasteiger partial charge on any atom is 0.417 e. The number of benzene rings is 1. The highest BCUT2D eigenvalue weighted by molar-refractivity contribution is 7.93. The number of nitrogens with zero attached hydrogens (tertiary/aromatic N) is 4. The second-order valence-corrected chi connectivity index (χ2v) is 11.1. The second kappa shape index (κ2) is 9.38. The first-order valence-electron chi connectivity index (χ1n) is 10.6. The van der Waals surface area contributed by atoms with Crippen LogP contribution >= 0.6 is 22.9 Å². The zero-order valence-corrected chi connectivity index (χ0v) is 20.9. The van der Waals surface area contributed by atoms with E-state index in [0.717, 1.165) is 17.4 Å². The minimum atomic E-state index is -4.91. The van der Waals surface area contributed by atoms with Gasteiger partial charge in [0, 0.05) is 19.3 Å². The van der Waals surface area contributed by atoms with Gasteiger partial charge in [-0.3, -0.25) is 9.40 Å². The number of hydrogen-bond acceptors (Lipinski definition) is 8. The molecule has 2 aromatic heterocycles. The van der Waals surface area contributed by atoms with Crippen molar-refractivity contribution in [2.75, 3.05) is 17.8 Å². The normalized spacial score (nSPS) is 22.7. The molecule has 3 heterocycles. The molecule has 2 unspecified atom stereocenters. The quantitative estimate of drug-likeness (QED) is 0.410. The summed E-state index contributed by atoms with van der Waals surface area (Å²) in [6.45, 7) is 0.952. The lowest BCUT2D eigenvalue weighted by atomic mass is 9.86. The van der Waals surface area contributed by atoms with Gasteiger partial charge in [0.05, 0.1) is 27.2 Å². The summed E-state index contributed by atoms with van der Waals surface area (Å²) in [5, 5.41) is 13.6. The number of alkyl halides is 4. The Kier molecular flexibility index (Phi) is 6.50. The van der Waals surface area contributed by atoms with Crippen molar-refractivity contribution in [3.8, 4) is 5.75 Å². The van der Waals surface area contributed by atoms with Crippen LogP contribution in [0.1, 0.15) is 11.7 Å². The van der Waals surface area contributed by atoms with Crippen molar-refractivity contribution in [1.82, 2.24) is 25.3 Å². The van der Waals surface area contributed by atoms with Gasteiger partial charge in [-0.1, -0.05) is 22.9 Å². The standard InChI is InChI=1S/C21H17ClF4N6O3S2/c22-16-7-18(35-13-1-3-14(4-2-13)37(33,34)31-19-30-28-11-36-19)20(23,8-15(16)21(24,25)26)17-5-6-29-32(17)12-9-27-10-12/h1-8,11-12,18,27H,9-10H2,(H,30,31). The Balaban J connectivity index is 1.47. The molecule has 2 atom stereocenters. The first-order valence-corrected chi connectivity index (χ1v) is 13.4. The van der Waals surface area contributed by atoms with Gasteiger partial charge in [0.2, 0.25) is 10.8 Å². The van der Waals surface area contributed by atoms with E-state index in [1.54, 1.807) is 0 Å².